The zero-order chi connectivity index (χ0) is 8.81. The van der Waals surface area contributed by atoms with E-state index in [1.54, 1.807) is 0 Å². The summed E-state index contributed by atoms with van der Waals surface area (Å²) in [5.41, 5.74) is 0. The van der Waals surface area contributed by atoms with Crippen LogP contribution < -0.4 is 0 Å². The fourth-order valence-corrected chi connectivity index (χ4v) is 1.32. The van der Waals surface area contributed by atoms with Crippen LogP contribution in [0.25, 0.3) is 0 Å². The molecule has 0 spiro atoms. The third-order valence-electron chi connectivity index (χ3n) is 2.04. The van der Waals surface area contributed by atoms with Crippen LogP contribution in [0.4, 0.5) is 0 Å². The molecule has 1 heterocycles. The van der Waals surface area contributed by atoms with E-state index in [2.05, 4.69) is 4.90 Å². The minimum absolute atomic E-state index is 0. The average molecular weight is 209 g/mol. The molecule has 6 heteroatoms. The van der Waals surface area contributed by atoms with Crippen molar-refractivity contribution in [1.82, 2.24) is 4.90 Å². The second-order valence-electron chi connectivity index (χ2n) is 3.08. The van der Waals surface area contributed by atoms with Crippen LogP contribution in [0.1, 0.15) is 6.42 Å². The minimum Gasteiger partial charge on any atom is -0.427 e. The molecule has 0 atom stereocenters. The molecule has 0 aromatic carbocycles. The summed E-state index contributed by atoms with van der Waals surface area (Å²) < 4.78 is 5.19. The van der Waals surface area contributed by atoms with Gasteiger partial charge in [0, 0.05) is 13.1 Å². The number of nitrogens with zero attached hydrogens (tertiary/aromatic N) is 1. The van der Waals surface area contributed by atoms with Crippen molar-refractivity contribution < 1.29 is 14.8 Å². The standard InChI is InChI=1S/C7H16BNO3.ClH/c10-8(11)2-1-3-9-4-6-12-7-5-9;/h10-11H,1-7H2;1H. The number of ether oxygens (including phenoxy) is 1. The van der Waals surface area contributed by atoms with Crippen molar-refractivity contribution in [3.05, 3.63) is 0 Å². The van der Waals surface area contributed by atoms with Gasteiger partial charge in [0.15, 0.2) is 0 Å². The maximum absolute atomic E-state index is 8.59. The highest BCUT2D eigenvalue weighted by Crippen LogP contribution is 2.00. The smallest absolute Gasteiger partial charge is 0.427 e. The average Bonchev–Trinajstić information content (AvgIpc) is 2.05. The molecule has 0 unspecified atom stereocenters. The maximum atomic E-state index is 8.59. The van der Waals surface area contributed by atoms with Crippen LogP contribution in [0.2, 0.25) is 6.32 Å². The van der Waals surface area contributed by atoms with Gasteiger partial charge in [-0.3, -0.25) is 4.90 Å². The fourth-order valence-electron chi connectivity index (χ4n) is 1.32. The van der Waals surface area contributed by atoms with Crippen molar-refractivity contribution in [1.29, 1.82) is 0 Å². The first-order valence-corrected chi connectivity index (χ1v) is 4.45. The number of halogens is 1. The summed E-state index contributed by atoms with van der Waals surface area (Å²) in [6.07, 6.45) is 1.31. The quantitative estimate of drug-likeness (QED) is 0.619. The molecule has 1 fully saturated rings. The van der Waals surface area contributed by atoms with Gasteiger partial charge in [-0.05, 0) is 19.3 Å². The van der Waals surface area contributed by atoms with Gasteiger partial charge in [-0.1, -0.05) is 0 Å². The molecule has 1 aliphatic heterocycles. The molecule has 0 aromatic rings. The van der Waals surface area contributed by atoms with Gasteiger partial charge in [0.25, 0.3) is 0 Å². The summed E-state index contributed by atoms with van der Waals surface area (Å²) in [6, 6.07) is 0. The van der Waals surface area contributed by atoms with E-state index >= 15 is 0 Å². The highest BCUT2D eigenvalue weighted by atomic mass is 35.5. The highest BCUT2D eigenvalue weighted by molar-refractivity contribution is 6.40. The second kappa shape index (κ2) is 7.59. The van der Waals surface area contributed by atoms with Crippen molar-refractivity contribution in [3.8, 4) is 0 Å². The molecule has 0 aliphatic carbocycles. The van der Waals surface area contributed by atoms with Gasteiger partial charge in [-0.25, -0.2) is 0 Å². The van der Waals surface area contributed by atoms with Crippen LogP contribution in [0.3, 0.4) is 0 Å². The van der Waals surface area contributed by atoms with Crippen molar-refractivity contribution >= 4 is 19.5 Å². The zero-order valence-corrected chi connectivity index (χ0v) is 8.50. The van der Waals surface area contributed by atoms with Gasteiger partial charge in [-0.15, -0.1) is 12.4 Å². The van der Waals surface area contributed by atoms with Gasteiger partial charge < -0.3 is 14.8 Å². The molecule has 0 saturated carbocycles. The first-order valence-electron chi connectivity index (χ1n) is 4.45. The predicted octanol–water partition coefficient (Wildman–Crippen LogP) is -0.397. The molecule has 0 amide bonds. The first kappa shape index (κ1) is 13.2. The lowest BCUT2D eigenvalue weighted by Gasteiger charge is -2.26. The Kier molecular flexibility index (Phi) is 7.70. The van der Waals surface area contributed by atoms with E-state index in [0.717, 1.165) is 39.3 Å². The fraction of sp³-hybridized carbons (Fsp3) is 1.00. The second-order valence-corrected chi connectivity index (χ2v) is 3.08. The van der Waals surface area contributed by atoms with Crippen molar-refractivity contribution in [2.75, 3.05) is 32.8 Å². The number of morpholine rings is 1. The SMILES string of the molecule is Cl.OB(O)CCCN1CCOCC1. The van der Waals surface area contributed by atoms with E-state index in [1.807, 2.05) is 0 Å². The molecular weight excluding hydrogens is 192 g/mol. The van der Waals surface area contributed by atoms with Gasteiger partial charge in [-0.2, -0.15) is 0 Å². The number of hydrogen-bond donors (Lipinski definition) is 2. The Morgan fingerprint density at radius 3 is 2.38 bits per heavy atom. The molecule has 13 heavy (non-hydrogen) atoms. The van der Waals surface area contributed by atoms with E-state index in [1.165, 1.54) is 0 Å². The lowest BCUT2D eigenvalue weighted by Crippen LogP contribution is -2.37. The minimum atomic E-state index is -1.15. The van der Waals surface area contributed by atoms with Crippen LogP contribution in [0, 0.1) is 0 Å². The van der Waals surface area contributed by atoms with Crippen molar-refractivity contribution in [3.63, 3.8) is 0 Å². The molecule has 2 N–H and O–H groups in total. The summed E-state index contributed by atoms with van der Waals surface area (Å²) in [5, 5.41) is 17.2. The van der Waals surface area contributed by atoms with E-state index in [0.29, 0.717) is 6.32 Å². The zero-order valence-electron chi connectivity index (χ0n) is 7.69. The Hall–Kier alpha value is 0.195. The van der Waals surface area contributed by atoms with Gasteiger partial charge >= 0.3 is 7.12 Å². The summed E-state index contributed by atoms with van der Waals surface area (Å²) in [6.45, 7) is 4.51. The van der Waals surface area contributed by atoms with E-state index in [-0.39, 0.29) is 12.4 Å². The van der Waals surface area contributed by atoms with E-state index in [4.69, 9.17) is 14.8 Å². The molecular formula is C7H17BClNO3. The Balaban J connectivity index is 0.00000144. The van der Waals surface area contributed by atoms with Crippen LogP contribution >= 0.6 is 12.4 Å². The summed E-state index contributed by atoms with van der Waals surface area (Å²) in [4.78, 5) is 2.28. The van der Waals surface area contributed by atoms with Gasteiger partial charge in [0.05, 0.1) is 13.2 Å². The topological polar surface area (TPSA) is 52.9 Å². The molecule has 4 nitrogen and oxygen atoms in total. The van der Waals surface area contributed by atoms with Gasteiger partial charge in [0.2, 0.25) is 0 Å². The summed E-state index contributed by atoms with van der Waals surface area (Å²) in [5.74, 6) is 0. The third-order valence-corrected chi connectivity index (χ3v) is 2.04. The lowest BCUT2D eigenvalue weighted by atomic mass is 9.84. The third kappa shape index (κ3) is 6.29. The van der Waals surface area contributed by atoms with Crippen LogP contribution in [-0.2, 0) is 4.74 Å². The molecule has 0 aromatic heterocycles. The first-order chi connectivity index (χ1) is 5.79. The molecule has 1 rings (SSSR count). The Morgan fingerprint density at radius 2 is 1.85 bits per heavy atom. The predicted molar refractivity (Wildman–Crippen MR) is 54.1 cm³/mol. The van der Waals surface area contributed by atoms with Crippen LogP contribution in [-0.4, -0.2) is 54.9 Å². The lowest BCUT2D eigenvalue weighted by molar-refractivity contribution is 0.0378. The van der Waals surface area contributed by atoms with E-state index < -0.39 is 7.12 Å². The Bertz CT molecular complexity index is 122. The molecule has 0 bridgehead atoms. The Labute approximate surface area is 85.4 Å². The molecule has 1 aliphatic rings. The van der Waals surface area contributed by atoms with Crippen LogP contribution in [0.15, 0.2) is 0 Å². The van der Waals surface area contributed by atoms with Crippen molar-refractivity contribution in [2.24, 2.45) is 0 Å². The summed E-state index contributed by atoms with van der Waals surface area (Å²) in [7, 11) is -1.15. The molecule has 0 radical (unpaired) electrons. The molecule has 1 saturated heterocycles. The maximum Gasteiger partial charge on any atom is 0.451 e. The normalized spacial score (nSPS) is 18.0. The Morgan fingerprint density at radius 1 is 1.23 bits per heavy atom. The van der Waals surface area contributed by atoms with Crippen LogP contribution in [0.5, 0.6) is 0 Å². The monoisotopic (exact) mass is 209 g/mol. The largest absolute Gasteiger partial charge is 0.451 e. The number of hydrogen-bond acceptors (Lipinski definition) is 4. The summed E-state index contributed by atoms with van der Waals surface area (Å²) >= 11 is 0. The van der Waals surface area contributed by atoms with Gasteiger partial charge in [0.1, 0.15) is 0 Å². The van der Waals surface area contributed by atoms with Crippen molar-refractivity contribution in [2.45, 2.75) is 12.7 Å². The highest BCUT2D eigenvalue weighted by Gasteiger charge is 2.11. The molecule has 78 valence electrons. The van der Waals surface area contributed by atoms with E-state index in [9.17, 15) is 0 Å². The number of rotatable bonds is 4.